The van der Waals surface area contributed by atoms with E-state index in [1.807, 2.05) is 19.2 Å². The maximum Gasteiger partial charge on any atom is 0.127 e. The average molecular weight is 238 g/mol. The Morgan fingerprint density at radius 1 is 1.35 bits per heavy atom. The fourth-order valence-electron chi connectivity index (χ4n) is 1.86. The number of hydrogen-bond acceptors (Lipinski definition) is 2. The third-order valence-corrected chi connectivity index (χ3v) is 2.89. The Hall–Kier alpha value is -0.930. The molecule has 2 nitrogen and oxygen atoms in total. The average Bonchev–Trinajstić information content (AvgIpc) is 2.30. The molecule has 0 heterocycles. The van der Waals surface area contributed by atoms with E-state index in [1.54, 1.807) is 6.07 Å². The molecule has 1 aromatic rings. The Morgan fingerprint density at radius 3 is 2.71 bits per heavy atom. The Balaban J connectivity index is 2.34. The first kappa shape index (κ1) is 14.1. The first-order valence-electron chi connectivity index (χ1n) is 6.28. The number of halogens is 1. The maximum absolute atomic E-state index is 13.4. The minimum atomic E-state index is -0.112. The monoisotopic (exact) mass is 238 g/mol. The molecule has 0 fully saturated rings. The summed E-state index contributed by atoms with van der Waals surface area (Å²) in [5, 5.41) is 3.38. The van der Waals surface area contributed by atoms with Crippen LogP contribution in [0.2, 0.25) is 0 Å². The molecule has 0 aliphatic rings. The van der Waals surface area contributed by atoms with Crippen LogP contribution in [0, 0.1) is 5.82 Å². The van der Waals surface area contributed by atoms with Gasteiger partial charge in [-0.15, -0.1) is 0 Å². The lowest BCUT2D eigenvalue weighted by Crippen LogP contribution is -2.30. The van der Waals surface area contributed by atoms with Gasteiger partial charge in [0.05, 0.1) is 0 Å². The Bertz CT molecular complexity index is 328. The zero-order valence-corrected chi connectivity index (χ0v) is 11.0. The van der Waals surface area contributed by atoms with Crippen molar-refractivity contribution in [2.45, 2.75) is 32.9 Å². The van der Waals surface area contributed by atoms with Crippen molar-refractivity contribution in [1.29, 1.82) is 0 Å². The molecule has 0 amide bonds. The van der Waals surface area contributed by atoms with Gasteiger partial charge < -0.3 is 10.2 Å². The number of nitrogens with one attached hydrogen (secondary N) is 1. The van der Waals surface area contributed by atoms with Crippen molar-refractivity contribution in [3.63, 3.8) is 0 Å². The summed E-state index contributed by atoms with van der Waals surface area (Å²) < 4.78 is 13.4. The number of rotatable bonds is 7. The molecule has 3 heteroatoms. The first-order chi connectivity index (χ1) is 8.13. The molecule has 96 valence electrons. The molecular weight excluding hydrogens is 215 g/mol. The molecule has 0 aliphatic heterocycles. The van der Waals surface area contributed by atoms with E-state index in [1.165, 1.54) is 6.07 Å². The molecular formula is C14H23FN2. The van der Waals surface area contributed by atoms with Crippen molar-refractivity contribution in [2.24, 2.45) is 0 Å². The Kier molecular flexibility index (Phi) is 6.16. The van der Waals surface area contributed by atoms with Gasteiger partial charge in [-0.1, -0.05) is 25.1 Å². The molecule has 1 atom stereocenters. The van der Waals surface area contributed by atoms with Crippen LogP contribution < -0.4 is 5.32 Å². The third-order valence-electron chi connectivity index (χ3n) is 2.89. The van der Waals surface area contributed by atoms with Crippen LogP contribution in [0.25, 0.3) is 0 Å². The van der Waals surface area contributed by atoms with E-state index in [0.29, 0.717) is 12.6 Å². The van der Waals surface area contributed by atoms with Gasteiger partial charge >= 0.3 is 0 Å². The summed E-state index contributed by atoms with van der Waals surface area (Å²) in [6.07, 6.45) is 1.08. The highest BCUT2D eigenvalue weighted by atomic mass is 19.1. The van der Waals surface area contributed by atoms with Crippen molar-refractivity contribution >= 4 is 0 Å². The smallest absolute Gasteiger partial charge is 0.127 e. The highest BCUT2D eigenvalue weighted by Gasteiger charge is 2.06. The zero-order chi connectivity index (χ0) is 12.7. The van der Waals surface area contributed by atoms with Crippen molar-refractivity contribution in [3.8, 4) is 0 Å². The van der Waals surface area contributed by atoms with Crippen molar-refractivity contribution < 1.29 is 4.39 Å². The lowest BCUT2D eigenvalue weighted by atomic mass is 10.2. The number of benzene rings is 1. The van der Waals surface area contributed by atoms with Gasteiger partial charge in [0.2, 0.25) is 0 Å². The van der Waals surface area contributed by atoms with Gasteiger partial charge in [-0.25, -0.2) is 4.39 Å². The maximum atomic E-state index is 13.4. The molecule has 0 radical (unpaired) electrons. The van der Waals surface area contributed by atoms with Crippen LogP contribution in [0.4, 0.5) is 4.39 Å². The second kappa shape index (κ2) is 7.41. The van der Waals surface area contributed by atoms with E-state index in [2.05, 4.69) is 24.1 Å². The Morgan fingerprint density at radius 2 is 2.06 bits per heavy atom. The topological polar surface area (TPSA) is 15.3 Å². The molecule has 1 unspecified atom stereocenters. The second-order valence-corrected chi connectivity index (χ2v) is 4.58. The van der Waals surface area contributed by atoms with Crippen LogP contribution in [0.3, 0.4) is 0 Å². The first-order valence-corrected chi connectivity index (χ1v) is 6.28. The SMILES string of the molecule is CCNC(C)CCN(C)Cc1ccccc1F. The lowest BCUT2D eigenvalue weighted by molar-refractivity contribution is 0.300. The molecule has 0 aromatic heterocycles. The highest BCUT2D eigenvalue weighted by molar-refractivity contribution is 5.16. The van der Waals surface area contributed by atoms with Gasteiger partial charge in [-0.2, -0.15) is 0 Å². The summed E-state index contributed by atoms with van der Waals surface area (Å²) in [5.74, 6) is -0.112. The lowest BCUT2D eigenvalue weighted by Gasteiger charge is -2.20. The van der Waals surface area contributed by atoms with Gasteiger partial charge in [-0.05, 0) is 39.5 Å². The molecule has 1 rings (SSSR count). The normalized spacial score (nSPS) is 13.0. The van der Waals surface area contributed by atoms with Crippen LogP contribution in [0.5, 0.6) is 0 Å². The predicted molar refractivity (Wildman–Crippen MR) is 70.5 cm³/mol. The van der Waals surface area contributed by atoms with Crippen molar-refractivity contribution in [3.05, 3.63) is 35.6 Å². The third kappa shape index (κ3) is 5.29. The van der Waals surface area contributed by atoms with E-state index in [-0.39, 0.29) is 5.82 Å². The fraction of sp³-hybridized carbons (Fsp3) is 0.571. The van der Waals surface area contributed by atoms with Gasteiger partial charge in [0, 0.05) is 18.2 Å². The highest BCUT2D eigenvalue weighted by Crippen LogP contribution is 2.09. The molecule has 0 saturated heterocycles. The molecule has 0 bridgehead atoms. The number of nitrogens with zero attached hydrogens (tertiary/aromatic N) is 1. The Labute approximate surface area is 104 Å². The van der Waals surface area contributed by atoms with Gasteiger partial charge in [-0.3, -0.25) is 0 Å². The van der Waals surface area contributed by atoms with Crippen LogP contribution in [0.15, 0.2) is 24.3 Å². The van der Waals surface area contributed by atoms with Crippen molar-refractivity contribution in [2.75, 3.05) is 20.1 Å². The van der Waals surface area contributed by atoms with E-state index < -0.39 is 0 Å². The summed E-state index contributed by atoms with van der Waals surface area (Å²) in [6.45, 7) is 6.94. The molecule has 17 heavy (non-hydrogen) atoms. The minimum absolute atomic E-state index is 0.112. The standard InChI is InChI=1S/C14H23FN2/c1-4-16-12(2)9-10-17(3)11-13-7-5-6-8-14(13)15/h5-8,12,16H,4,9-11H2,1-3H3. The summed E-state index contributed by atoms with van der Waals surface area (Å²) in [7, 11) is 2.03. The summed E-state index contributed by atoms with van der Waals surface area (Å²) in [5.41, 5.74) is 0.770. The van der Waals surface area contributed by atoms with Gasteiger partial charge in [0.1, 0.15) is 5.82 Å². The summed E-state index contributed by atoms with van der Waals surface area (Å²) in [4.78, 5) is 2.16. The second-order valence-electron chi connectivity index (χ2n) is 4.58. The summed E-state index contributed by atoms with van der Waals surface area (Å²) >= 11 is 0. The summed E-state index contributed by atoms with van der Waals surface area (Å²) in [6, 6.07) is 7.49. The molecule has 1 aromatic carbocycles. The van der Waals surface area contributed by atoms with E-state index in [0.717, 1.165) is 25.1 Å². The van der Waals surface area contributed by atoms with E-state index >= 15 is 0 Å². The van der Waals surface area contributed by atoms with Gasteiger partial charge in [0.15, 0.2) is 0 Å². The van der Waals surface area contributed by atoms with E-state index in [9.17, 15) is 4.39 Å². The molecule has 0 saturated carbocycles. The fourth-order valence-corrected chi connectivity index (χ4v) is 1.86. The van der Waals surface area contributed by atoms with Gasteiger partial charge in [0.25, 0.3) is 0 Å². The van der Waals surface area contributed by atoms with Crippen molar-refractivity contribution in [1.82, 2.24) is 10.2 Å². The minimum Gasteiger partial charge on any atom is -0.314 e. The molecule has 1 N–H and O–H groups in total. The quantitative estimate of drug-likeness (QED) is 0.785. The largest absolute Gasteiger partial charge is 0.314 e. The molecule has 0 spiro atoms. The van der Waals surface area contributed by atoms with Crippen LogP contribution in [0.1, 0.15) is 25.8 Å². The van der Waals surface area contributed by atoms with Crippen LogP contribution in [-0.4, -0.2) is 31.1 Å². The zero-order valence-electron chi connectivity index (χ0n) is 11.0. The number of hydrogen-bond donors (Lipinski definition) is 1. The van der Waals surface area contributed by atoms with E-state index in [4.69, 9.17) is 0 Å². The predicted octanol–water partition coefficient (Wildman–Crippen LogP) is 2.65. The molecule has 0 aliphatic carbocycles. The van der Waals surface area contributed by atoms with Crippen LogP contribution in [-0.2, 0) is 6.54 Å². The van der Waals surface area contributed by atoms with Crippen LogP contribution >= 0.6 is 0 Å².